The Morgan fingerprint density at radius 2 is 2.39 bits per heavy atom. The first-order valence-corrected chi connectivity index (χ1v) is 6.30. The predicted octanol–water partition coefficient (Wildman–Crippen LogP) is 2.82. The zero-order valence-corrected chi connectivity index (χ0v) is 10.5. The first-order chi connectivity index (χ1) is 8.70. The number of nitrogens with zero attached hydrogens (tertiary/aromatic N) is 1. The highest BCUT2D eigenvalue weighted by atomic mass is 16.6. The highest BCUT2D eigenvalue weighted by Crippen LogP contribution is 2.24. The van der Waals surface area contributed by atoms with Gasteiger partial charge in [0.15, 0.2) is 0 Å². The number of hydrogen-bond acceptors (Lipinski definition) is 4. The molecule has 5 heteroatoms. The van der Waals surface area contributed by atoms with E-state index in [2.05, 4.69) is 12.2 Å². The summed E-state index contributed by atoms with van der Waals surface area (Å²) in [7, 11) is 0. The van der Waals surface area contributed by atoms with Crippen molar-refractivity contribution in [1.82, 2.24) is 0 Å². The maximum absolute atomic E-state index is 10.7. The van der Waals surface area contributed by atoms with Crippen molar-refractivity contribution < 1.29 is 9.66 Å². The monoisotopic (exact) mass is 250 g/mol. The van der Waals surface area contributed by atoms with Gasteiger partial charge in [-0.1, -0.05) is 13.0 Å². The van der Waals surface area contributed by atoms with Crippen molar-refractivity contribution >= 4 is 11.4 Å². The standard InChI is InChI=1S/C13H18N2O3/c1-2-13-10(6-7-18-13)9-14-11-4-3-5-12(8-11)15(16)17/h3-5,8,10,13-14H,2,6-7,9H2,1H3. The molecule has 0 amide bonds. The van der Waals surface area contributed by atoms with Crippen molar-refractivity contribution in [3.8, 4) is 0 Å². The lowest BCUT2D eigenvalue weighted by Crippen LogP contribution is -2.22. The molecule has 1 saturated heterocycles. The molecule has 0 bridgehead atoms. The van der Waals surface area contributed by atoms with Gasteiger partial charge in [0.25, 0.3) is 5.69 Å². The summed E-state index contributed by atoms with van der Waals surface area (Å²) in [5.41, 5.74) is 0.917. The van der Waals surface area contributed by atoms with Crippen LogP contribution in [0.25, 0.3) is 0 Å². The fraction of sp³-hybridized carbons (Fsp3) is 0.538. The van der Waals surface area contributed by atoms with Gasteiger partial charge in [0.1, 0.15) is 0 Å². The number of ether oxygens (including phenoxy) is 1. The van der Waals surface area contributed by atoms with Crippen LogP contribution in [0.15, 0.2) is 24.3 Å². The van der Waals surface area contributed by atoms with E-state index in [1.807, 2.05) is 6.07 Å². The van der Waals surface area contributed by atoms with Gasteiger partial charge in [-0.2, -0.15) is 0 Å². The third-order valence-corrected chi connectivity index (χ3v) is 3.37. The van der Waals surface area contributed by atoms with Gasteiger partial charge in [-0.05, 0) is 18.9 Å². The molecule has 1 aromatic rings. The summed E-state index contributed by atoms with van der Waals surface area (Å²) in [5, 5.41) is 13.9. The van der Waals surface area contributed by atoms with Crippen LogP contribution in [0.5, 0.6) is 0 Å². The van der Waals surface area contributed by atoms with E-state index in [1.54, 1.807) is 12.1 Å². The molecule has 1 aliphatic heterocycles. The Bertz CT molecular complexity index is 422. The van der Waals surface area contributed by atoms with Crippen molar-refractivity contribution in [2.75, 3.05) is 18.5 Å². The third kappa shape index (κ3) is 2.98. The van der Waals surface area contributed by atoms with Gasteiger partial charge >= 0.3 is 0 Å². The third-order valence-electron chi connectivity index (χ3n) is 3.37. The fourth-order valence-electron chi connectivity index (χ4n) is 2.36. The second-order valence-corrected chi connectivity index (χ2v) is 4.55. The molecule has 5 nitrogen and oxygen atoms in total. The molecular weight excluding hydrogens is 232 g/mol. The Kier molecular flexibility index (Phi) is 4.15. The summed E-state index contributed by atoms with van der Waals surface area (Å²) >= 11 is 0. The first kappa shape index (κ1) is 12.8. The molecule has 0 aromatic heterocycles. The van der Waals surface area contributed by atoms with Crippen molar-refractivity contribution in [1.29, 1.82) is 0 Å². The molecule has 1 aromatic carbocycles. The van der Waals surface area contributed by atoms with E-state index in [1.165, 1.54) is 6.07 Å². The molecule has 2 unspecified atom stereocenters. The number of nitrogens with one attached hydrogen (secondary N) is 1. The van der Waals surface area contributed by atoms with Gasteiger partial charge in [0.2, 0.25) is 0 Å². The summed E-state index contributed by atoms with van der Waals surface area (Å²) in [6, 6.07) is 6.61. The Morgan fingerprint density at radius 1 is 1.56 bits per heavy atom. The molecule has 0 saturated carbocycles. The van der Waals surface area contributed by atoms with Crippen LogP contribution in [-0.4, -0.2) is 24.2 Å². The summed E-state index contributed by atoms with van der Waals surface area (Å²) in [5.74, 6) is 0.495. The number of nitro benzene ring substituents is 1. The Hall–Kier alpha value is -1.62. The largest absolute Gasteiger partial charge is 0.384 e. The molecule has 18 heavy (non-hydrogen) atoms. The highest BCUT2D eigenvalue weighted by molar-refractivity contribution is 5.50. The zero-order chi connectivity index (χ0) is 13.0. The molecule has 2 atom stereocenters. The van der Waals surface area contributed by atoms with Crippen LogP contribution < -0.4 is 5.32 Å². The van der Waals surface area contributed by atoms with Crippen LogP contribution in [0, 0.1) is 16.0 Å². The molecule has 0 spiro atoms. The smallest absolute Gasteiger partial charge is 0.271 e. The molecule has 1 aliphatic rings. The summed E-state index contributed by atoms with van der Waals surface area (Å²) < 4.78 is 5.62. The molecule has 0 aliphatic carbocycles. The van der Waals surface area contributed by atoms with Crippen LogP contribution in [0.1, 0.15) is 19.8 Å². The van der Waals surface area contributed by atoms with E-state index in [0.717, 1.165) is 31.7 Å². The van der Waals surface area contributed by atoms with E-state index in [0.29, 0.717) is 12.0 Å². The van der Waals surface area contributed by atoms with Gasteiger partial charge in [-0.15, -0.1) is 0 Å². The maximum atomic E-state index is 10.7. The predicted molar refractivity (Wildman–Crippen MR) is 69.7 cm³/mol. The topological polar surface area (TPSA) is 64.4 Å². The summed E-state index contributed by atoms with van der Waals surface area (Å²) in [6.45, 7) is 3.75. The fourth-order valence-corrected chi connectivity index (χ4v) is 2.36. The van der Waals surface area contributed by atoms with E-state index < -0.39 is 0 Å². The minimum atomic E-state index is -0.376. The molecule has 2 rings (SSSR count). The van der Waals surface area contributed by atoms with Crippen molar-refractivity contribution in [3.63, 3.8) is 0 Å². The lowest BCUT2D eigenvalue weighted by molar-refractivity contribution is -0.384. The van der Waals surface area contributed by atoms with Crippen molar-refractivity contribution in [2.24, 2.45) is 5.92 Å². The second-order valence-electron chi connectivity index (χ2n) is 4.55. The van der Waals surface area contributed by atoms with Gasteiger partial charge in [0.05, 0.1) is 11.0 Å². The van der Waals surface area contributed by atoms with Gasteiger partial charge in [-0.3, -0.25) is 10.1 Å². The van der Waals surface area contributed by atoms with Crippen LogP contribution in [0.3, 0.4) is 0 Å². The SMILES string of the molecule is CCC1OCCC1CNc1cccc([N+](=O)[O-])c1. The van der Waals surface area contributed by atoms with Crippen LogP contribution in [0.2, 0.25) is 0 Å². The van der Waals surface area contributed by atoms with Crippen molar-refractivity contribution in [2.45, 2.75) is 25.9 Å². The lowest BCUT2D eigenvalue weighted by atomic mass is 9.99. The summed E-state index contributed by atoms with van der Waals surface area (Å²) in [4.78, 5) is 10.3. The van der Waals surface area contributed by atoms with Crippen molar-refractivity contribution in [3.05, 3.63) is 34.4 Å². The van der Waals surface area contributed by atoms with Crippen LogP contribution in [-0.2, 0) is 4.74 Å². The minimum absolute atomic E-state index is 0.120. The quantitative estimate of drug-likeness (QED) is 0.644. The number of benzene rings is 1. The zero-order valence-electron chi connectivity index (χ0n) is 10.5. The van der Waals surface area contributed by atoms with E-state index in [9.17, 15) is 10.1 Å². The molecule has 1 fully saturated rings. The van der Waals surface area contributed by atoms with Gasteiger partial charge in [0, 0.05) is 36.9 Å². The highest BCUT2D eigenvalue weighted by Gasteiger charge is 2.26. The van der Waals surface area contributed by atoms with Gasteiger partial charge < -0.3 is 10.1 Å². The van der Waals surface area contributed by atoms with Gasteiger partial charge in [-0.25, -0.2) is 0 Å². The van der Waals surface area contributed by atoms with Crippen LogP contribution >= 0.6 is 0 Å². The van der Waals surface area contributed by atoms with E-state index in [-0.39, 0.29) is 10.6 Å². The Labute approximate surface area is 106 Å². The number of nitro groups is 1. The average Bonchev–Trinajstić information content (AvgIpc) is 2.84. The first-order valence-electron chi connectivity index (χ1n) is 6.30. The average molecular weight is 250 g/mol. The number of anilines is 1. The molecule has 0 radical (unpaired) electrons. The Morgan fingerprint density at radius 3 is 3.11 bits per heavy atom. The Balaban J connectivity index is 1.93. The van der Waals surface area contributed by atoms with E-state index in [4.69, 9.17) is 4.74 Å². The van der Waals surface area contributed by atoms with Crippen LogP contribution in [0.4, 0.5) is 11.4 Å². The molecule has 98 valence electrons. The molecule has 1 heterocycles. The normalized spacial score (nSPS) is 22.9. The number of hydrogen-bond donors (Lipinski definition) is 1. The number of rotatable bonds is 5. The summed E-state index contributed by atoms with van der Waals surface area (Å²) in [6.07, 6.45) is 2.39. The number of non-ortho nitro benzene ring substituents is 1. The lowest BCUT2D eigenvalue weighted by Gasteiger charge is -2.17. The maximum Gasteiger partial charge on any atom is 0.271 e. The van der Waals surface area contributed by atoms with E-state index >= 15 is 0 Å². The molecule has 1 N–H and O–H groups in total. The second kappa shape index (κ2) is 5.82. The molecular formula is C13H18N2O3. The minimum Gasteiger partial charge on any atom is -0.384 e.